The van der Waals surface area contributed by atoms with Gasteiger partial charge < -0.3 is 15.2 Å². The van der Waals surface area contributed by atoms with Gasteiger partial charge in [-0.2, -0.15) is 31.3 Å². The lowest BCUT2D eigenvalue weighted by Crippen LogP contribution is -2.19. The van der Waals surface area contributed by atoms with Crippen molar-refractivity contribution in [3.63, 3.8) is 0 Å². The van der Waals surface area contributed by atoms with E-state index in [0.29, 0.717) is 18.0 Å². The predicted octanol–water partition coefficient (Wildman–Crippen LogP) is 5.43. The summed E-state index contributed by atoms with van der Waals surface area (Å²) < 4.78 is 104. The van der Waals surface area contributed by atoms with Gasteiger partial charge in [-0.1, -0.05) is 6.07 Å². The lowest BCUT2D eigenvalue weighted by atomic mass is 10.1. The summed E-state index contributed by atoms with van der Waals surface area (Å²) >= 11 is 0. The van der Waals surface area contributed by atoms with Crippen LogP contribution in [0.15, 0.2) is 42.6 Å². The standard InChI is InChI=1S/C19H11F7N4O2/c20-15-10(18(21,22)23)2-1-3-12(15)30(9-4-5-13-14(6-9)32-8-31-13)17-28-7-11(16(27)29-17)19(24,25)26/h1-7H,8H2,(H2,27,28,29). The predicted molar refractivity (Wildman–Crippen MR) is 97.2 cm³/mol. The molecule has 6 nitrogen and oxygen atoms in total. The molecule has 0 amide bonds. The van der Waals surface area contributed by atoms with E-state index in [1.807, 2.05) is 0 Å². The van der Waals surface area contributed by atoms with Crippen LogP contribution in [0.5, 0.6) is 11.5 Å². The van der Waals surface area contributed by atoms with Gasteiger partial charge in [-0.3, -0.25) is 4.90 Å². The molecule has 1 aliphatic heterocycles. The molecule has 0 saturated carbocycles. The van der Waals surface area contributed by atoms with Crippen LogP contribution < -0.4 is 20.1 Å². The van der Waals surface area contributed by atoms with Gasteiger partial charge in [-0.15, -0.1) is 0 Å². The Morgan fingerprint density at radius 2 is 1.59 bits per heavy atom. The maximum atomic E-state index is 14.9. The molecular weight excluding hydrogens is 449 g/mol. The Balaban J connectivity index is 1.92. The van der Waals surface area contributed by atoms with Crippen molar-refractivity contribution in [3.8, 4) is 11.5 Å². The summed E-state index contributed by atoms with van der Waals surface area (Å²) in [5.41, 5.74) is 1.80. The van der Waals surface area contributed by atoms with Gasteiger partial charge in [0.2, 0.25) is 12.7 Å². The third-order valence-electron chi connectivity index (χ3n) is 4.45. The average Bonchev–Trinajstić information content (AvgIpc) is 3.15. The SMILES string of the molecule is Nc1nc(N(c2ccc3c(c2)OCO3)c2cccc(C(F)(F)F)c2F)ncc1C(F)(F)F. The zero-order valence-electron chi connectivity index (χ0n) is 15.6. The molecule has 2 heterocycles. The van der Waals surface area contributed by atoms with Crippen LogP contribution in [0.2, 0.25) is 0 Å². The van der Waals surface area contributed by atoms with Crippen LogP contribution in [0.4, 0.5) is 53.9 Å². The third-order valence-corrected chi connectivity index (χ3v) is 4.45. The quantitative estimate of drug-likeness (QED) is 0.526. The van der Waals surface area contributed by atoms with E-state index in [1.165, 1.54) is 18.2 Å². The van der Waals surface area contributed by atoms with E-state index in [1.54, 1.807) is 0 Å². The molecule has 2 aromatic carbocycles. The summed E-state index contributed by atoms with van der Waals surface area (Å²) in [5, 5.41) is 0. The number of halogens is 7. The molecule has 32 heavy (non-hydrogen) atoms. The summed E-state index contributed by atoms with van der Waals surface area (Å²) in [6, 6.07) is 6.47. The molecule has 1 aromatic heterocycles. The fourth-order valence-corrected chi connectivity index (χ4v) is 3.01. The third kappa shape index (κ3) is 3.81. The number of aromatic nitrogens is 2. The molecule has 0 saturated heterocycles. The van der Waals surface area contributed by atoms with Crippen molar-refractivity contribution in [2.45, 2.75) is 12.4 Å². The van der Waals surface area contributed by atoms with Gasteiger partial charge in [-0.05, 0) is 24.3 Å². The van der Waals surface area contributed by atoms with Gasteiger partial charge >= 0.3 is 12.4 Å². The van der Waals surface area contributed by atoms with Crippen molar-refractivity contribution >= 4 is 23.1 Å². The van der Waals surface area contributed by atoms with Crippen LogP contribution in [0, 0.1) is 5.82 Å². The van der Waals surface area contributed by atoms with E-state index in [9.17, 15) is 30.7 Å². The molecule has 0 radical (unpaired) electrons. The molecule has 0 bridgehead atoms. The highest BCUT2D eigenvalue weighted by Gasteiger charge is 2.38. The minimum atomic E-state index is -5.03. The summed E-state index contributed by atoms with van der Waals surface area (Å²) in [4.78, 5) is 7.95. The lowest BCUT2D eigenvalue weighted by molar-refractivity contribution is -0.140. The fourth-order valence-electron chi connectivity index (χ4n) is 3.01. The molecule has 0 fully saturated rings. The van der Waals surface area contributed by atoms with Gasteiger partial charge in [0.1, 0.15) is 11.4 Å². The van der Waals surface area contributed by atoms with Crippen molar-refractivity contribution < 1.29 is 40.2 Å². The maximum Gasteiger partial charge on any atom is 0.421 e. The van der Waals surface area contributed by atoms with Crippen LogP contribution >= 0.6 is 0 Å². The zero-order valence-corrected chi connectivity index (χ0v) is 15.6. The smallest absolute Gasteiger partial charge is 0.421 e. The molecule has 0 spiro atoms. The number of alkyl halides is 6. The van der Waals surface area contributed by atoms with Gasteiger partial charge in [0.15, 0.2) is 17.3 Å². The number of hydrogen-bond donors (Lipinski definition) is 1. The van der Waals surface area contributed by atoms with E-state index < -0.39 is 46.8 Å². The van der Waals surface area contributed by atoms with E-state index in [0.717, 1.165) is 17.0 Å². The summed E-state index contributed by atoms with van der Waals surface area (Å²) in [5.74, 6) is -2.77. The maximum absolute atomic E-state index is 14.9. The Kier molecular flexibility index (Phi) is 4.98. The zero-order chi connectivity index (χ0) is 23.3. The number of benzene rings is 2. The minimum absolute atomic E-state index is 0.00775. The number of fused-ring (bicyclic) bond motifs is 1. The minimum Gasteiger partial charge on any atom is -0.454 e. The first-order valence-electron chi connectivity index (χ1n) is 8.72. The normalized spacial score (nSPS) is 13.3. The molecule has 13 heteroatoms. The molecule has 1 aliphatic rings. The monoisotopic (exact) mass is 460 g/mol. The van der Waals surface area contributed by atoms with Gasteiger partial charge in [-0.25, -0.2) is 9.37 Å². The first kappa shape index (κ1) is 21.5. The second kappa shape index (κ2) is 7.43. The summed E-state index contributed by atoms with van der Waals surface area (Å²) in [7, 11) is 0. The number of hydrogen-bond acceptors (Lipinski definition) is 6. The van der Waals surface area contributed by atoms with Crippen LogP contribution in [0.3, 0.4) is 0 Å². The van der Waals surface area contributed by atoms with Crippen molar-refractivity contribution in [1.29, 1.82) is 0 Å². The number of nitrogens with zero attached hydrogens (tertiary/aromatic N) is 3. The highest BCUT2D eigenvalue weighted by molar-refractivity contribution is 5.76. The van der Waals surface area contributed by atoms with Crippen molar-refractivity contribution in [2.24, 2.45) is 0 Å². The highest BCUT2D eigenvalue weighted by Crippen LogP contribution is 2.43. The van der Waals surface area contributed by atoms with Crippen LogP contribution in [-0.4, -0.2) is 16.8 Å². The van der Waals surface area contributed by atoms with Crippen molar-refractivity contribution in [1.82, 2.24) is 9.97 Å². The van der Waals surface area contributed by atoms with Crippen molar-refractivity contribution in [3.05, 3.63) is 59.5 Å². The number of ether oxygens (including phenoxy) is 2. The Labute approximate surface area is 175 Å². The number of nitrogen functional groups attached to an aromatic ring is 1. The average molecular weight is 460 g/mol. The van der Waals surface area contributed by atoms with E-state index in [2.05, 4.69) is 9.97 Å². The Bertz CT molecular complexity index is 1180. The number of nitrogens with two attached hydrogens (primary N) is 1. The molecular formula is C19H11F7N4O2. The number of anilines is 4. The van der Waals surface area contributed by atoms with Gasteiger partial charge in [0.05, 0.1) is 16.9 Å². The van der Waals surface area contributed by atoms with Crippen LogP contribution in [0.1, 0.15) is 11.1 Å². The molecule has 0 aliphatic carbocycles. The molecule has 168 valence electrons. The van der Waals surface area contributed by atoms with Gasteiger partial charge in [0.25, 0.3) is 0 Å². The summed E-state index contributed by atoms with van der Waals surface area (Å²) in [6.07, 6.45) is -9.53. The molecule has 0 unspecified atom stereocenters. The molecule has 2 N–H and O–H groups in total. The van der Waals surface area contributed by atoms with E-state index >= 15 is 0 Å². The first-order chi connectivity index (χ1) is 15.0. The van der Waals surface area contributed by atoms with E-state index in [4.69, 9.17) is 15.2 Å². The largest absolute Gasteiger partial charge is 0.454 e. The van der Waals surface area contributed by atoms with Gasteiger partial charge in [0, 0.05) is 12.3 Å². The van der Waals surface area contributed by atoms with E-state index in [-0.39, 0.29) is 18.2 Å². The van der Waals surface area contributed by atoms with Crippen molar-refractivity contribution in [2.75, 3.05) is 17.4 Å². The number of rotatable bonds is 3. The first-order valence-corrected chi connectivity index (χ1v) is 8.72. The topological polar surface area (TPSA) is 73.5 Å². The molecule has 3 aromatic rings. The van der Waals surface area contributed by atoms with Crippen LogP contribution in [0.25, 0.3) is 0 Å². The fraction of sp³-hybridized carbons (Fsp3) is 0.158. The Morgan fingerprint density at radius 3 is 2.25 bits per heavy atom. The lowest BCUT2D eigenvalue weighted by Gasteiger charge is -2.25. The molecule has 0 atom stereocenters. The Morgan fingerprint density at radius 1 is 0.906 bits per heavy atom. The second-order valence-corrected chi connectivity index (χ2v) is 6.48. The molecule has 4 rings (SSSR count). The Hall–Kier alpha value is -3.77. The highest BCUT2D eigenvalue weighted by atomic mass is 19.4. The summed E-state index contributed by atoms with van der Waals surface area (Å²) in [6.45, 7) is -0.125. The second-order valence-electron chi connectivity index (χ2n) is 6.48. The van der Waals surface area contributed by atoms with Crippen LogP contribution in [-0.2, 0) is 12.4 Å².